The third kappa shape index (κ3) is 4.96. The number of nitrogens with zero attached hydrogens (tertiary/aromatic N) is 2. The van der Waals surface area contributed by atoms with Gasteiger partial charge in [0.15, 0.2) is 11.5 Å². The van der Waals surface area contributed by atoms with Crippen LogP contribution in [0.3, 0.4) is 0 Å². The van der Waals surface area contributed by atoms with E-state index in [0.717, 1.165) is 4.31 Å². The molecule has 0 atom stereocenters. The number of anilines is 2. The summed E-state index contributed by atoms with van der Waals surface area (Å²) in [6, 6.07) is 11.4. The molecule has 0 fully saturated rings. The molecule has 1 heterocycles. The third-order valence-corrected chi connectivity index (χ3v) is 6.86. The van der Waals surface area contributed by atoms with Crippen LogP contribution in [0.25, 0.3) is 0 Å². The van der Waals surface area contributed by atoms with Crippen LogP contribution in [0.4, 0.5) is 11.4 Å². The smallest absolute Gasteiger partial charge is 0.255 e. The number of ether oxygens (including phenoxy) is 2. The molecule has 2 aromatic carbocycles. The predicted molar refractivity (Wildman–Crippen MR) is 122 cm³/mol. The molecule has 1 aliphatic rings. The number of fused-ring (bicyclic) bond motifs is 1. The molecule has 0 saturated heterocycles. The van der Waals surface area contributed by atoms with Gasteiger partial charge in [0.05, 0.1) is 22.7 Å². The zero-order chi connectivity index (χ0) is 23.3. The van der Waals surface area contributed by atoms with E-state index >= 15 is 0 Å². The molecule has 2 amide bonds. The summed E-state index contributed by atoms with van der Waals surface area (Å²) in [5.41, 5.74) is 0.963. The van der Waals surface area contributed by atoms with Gasteiger partial charge in [-0.05, 0) is 45.0 Å². The van der Waals surface area contributed by atoms with Crippen LogP contribution in [0.5, 0.6) is 11.5 Å². The number of benzene rings is 2. The van der Waals surface area contributed by atoms with Gasteiger partial charge in [-0.3, -0.25) is 13.9 Å². The summed E-state index contributed by atoms with van der Waals surface area (Å²) in [7, 11) is -3.76. The fourth-order valence-electron chi connectivity index (χ4n) is 3.33. The first kappa shape index (κ1) is 23.4. The predicted octanol–water partition coefficient (Wildman–Crippen LogP) is 2.69. The zero-order valence-electron chi connectivity index (χ0n) is 18.3. The highest BCUT2D eigenvalue weighted by Crippen LogP contribution is 2.36. The molecule has 2 aromatic rings. The minimum Gasteiger partial charge on any atom is -0.454 e. The Kier molecular flexibility index (Phi) is 7.24. The van der Waals surface area contributed by atoms with E-state index in [1.54, 1.807) is 41.3 Å². The van der Waals surface area contributed by atoms with Gasteiger partial charge in [0, 0.05) is 19.2 Å². The van der Waals surface area contributed by atoms with Crippen molar-refractivity contribution in [3.05, 3.63) is 48.0 Å². The second-order valence-corrected chi connectivity index (χ2v) is 9.20. The van der Waals surface area contributed by atoms with Crippen LogP contribution in [0.15, 0.2) is 42.5 Å². The summed E-state index contributed by atoms with van der Waals surface area (Å²) in [5.74, 6) is -0.0457. The molecule has 10 heteroatoms. The number of carbonyl (C=O) groups is 2. The van der Waals surface area contributed by atoms with Crippen molar-refractivity contribution in [2.45, 2.75) is 20.8 Å². The van der Waals surface area contributed by atoms with Crippen LogP contribution in [-0.4, -0.2) is 57.3 Å². The van der Waals surface area contributed by atoms with Crippen molar-refractivity contribution in [1.29, 1.82) is 0 Å². The van der Waals surface area contributed by atoms with Crippen molar-refractivity contribution < 1.29 is 27.5 Å². The Balaban J connectivity index is 1.85. The lowest BCUT2D eigenvalue weighted by molar-refractivity contribution is -0.114. The summed E-state index contributed by atoms with van der Waals surface area (Å²) in [6.45, 7) is 5.92. The number of sulfonamides is 1. The number of carbonyl (C=O) groups excluding carboxylic acids is 2. The van der Waals surface area contributed by atoms with E-state index in [-0.39, 0.29) is 18.5 Å². The Morgan fingerprint density at radius 2 is 1.69 bits per heavy atom. The fraction of sp³-hybridized carbons (Fsp3) is 0.364. The molecule has 9 nitrogen and oxygen atoms in total. The molecule has 32 heavy (non-hydrogen) atoms. The highest BCUT2D eigenvalue weighted by atomic mass is 32.2. The van der Waals surface area contributed by atoms with Crippen molar-refractivity contribution in [1.82, 2.24) is 4.90 Å². The van der Waals surface area contributed by atoms with Gasteiger partial charge in [0.25, 0.3) is 5.91 Å². The van der Waals surface area contributed by atoms with Crippen molar-refractivity contribution in [2.75, 3.05) is 41.8 Å². The molecule has 3 rings (SSSR count). The SMILES string of the molecule is CCN(CC)C(=O)c1ccccc1NC(=O)CN(c1ccc2c(c1)OCO2)S(=O)(=O)CC. The number of hydrogen-bond donors (Lipinski definition) is 1. The largest absolute Gasteiger partial charge is 0.454 e. The summed E-state index contributed by atoms with van der Waals surface area (Å²) < 4.78 is 37.1. The first-order valence-corrected chi connectivity index (χ1v) is 12.0. The molecule has 0 aliphatic carbocycles. The summed E-state index contributed by atoms with van der Waals surface area (Å²) in [6.07, 6.45) is 0. The molecule has 0 unspecified atom stereocenters. The first-order chi connectivity index (χ1) is 15.3. The molecule has 0 bridgehead atoms. The Bertz CT molecular complexity index is 1100. The Morgan fingerprint density at radius 1 is 1.00 bits per heavy atom. The van der Waals surface area contributed by atoms with Gasteiger partial charge in [0.1, 0.15) is 6.54 Å². The van der Waals surface area contributed by atoms with Crippen molar-refractivity contribution in [3.8, 4) is 11.5 Å². The van der Waals surface area contributed by atoms with Gasteiger partial charge < -0.3 is 19.7 Å². The first-order valence-electron chi connectivity index (χ1n) is 10.4. The molecule has 0 spiro atoms. The third-order valence-electron chi connectivity index (χ3n) is 5.11. The van der Waals surface area contributed by atoms with E-state index < -0.39 is 22.5 Å². The van der Waals surface area contributed by atoms with Crippen LogP contribution in [0.2, 0.25) is 0 Å². The second kappa shape index (κ2) is 9.90. The molecule has 1 aliphatic heterocycles. The van der Waals surface area contributed by atoms with Crippen LogP contribution in [0, 0.1) is 0 Å². The zero-order valence-corrected chi connectivity index (χ0v) is 19.1. The Hall–Kier alpha value is -3.27. The van der Waals surface area contributed by atoms with Gasteiger partial charge in [-0.15, -0.1) is 0 Å². The lowest BCUT2D eigenvalue weighted by Gasteiger charge is -2.24. The van der Waals surface area contributed by atoms with E-state index in [9.17, 15) is 18.0 Å². The summed E-state index contributed by atoms with van der Waals surface area (Å²) in [4.78, 5) is 27.3. The number of amides is 2. The van der Waals surface area contributed by atoms with Gasteiger partial charge in [-0.2, -0.15) is 0 Å². The lowest BCUT2D eigenvalue weighted by atomic mass is 10.1. The average Bonchev–Trinajstić information content (AvgIpc) is 3.26. The summed E-state index contributed by atoms with van der Waals surface area (Å²) in [5, 5.41) is 2.69. The van der Waals surface area contributed by atoms with Crippen LogP contribution < -0.4 is 19.1 Å². The number of rotatable bonds is 9. The maximum absolute atomic E-state index is 12.9. The minimum atomic E-state index is -3.76. The quantitative estimate of drug-likeness (QED) is 0.616. The molecule has 0 aromatic heterocycles. The van der Waals surface area contributed by atoms with Crippen molar-refractivity contribution in [3.63, 3.8) is 0 Å². The Labute approximate surface area is 188 Å². The van der Waals surface area contributed by atoms with Crippen LogP contribution in [0.1, 0.15) is 31.1 Å². The second-order valence-electron chi connectivity index (χ2n) is 7.02. The molecule has 1 N–H and O–H groups in total. The highest BCUT2D eigenvalue weighted by Gasteiger charge is 2.26. The number of hydrogen-bond acceptors (Lipinski definition) is 6. The van der Waals surface area contributed by atoms with Crippen molar-refractivity contribution >= 4 is 33.2 Å². The van der Waals surface area contributed by atoms with E-state index in [4.69, 9.17) is 9.47 Å². The monoisotopic (exact) mass is 461 g/mol. The Morgan fingerprint density at radius 3 is 2.38 bits per heavy atom. The van der Waals surface area contributed by atoms with Gasteiger partial charge in [-0.25, -0.2) is 8.42 Å². The van der Waals surface area contributed by atoms with E-state index in [1.807, 2.05) is 13.8 Å². The number of para-hydroxylation sites is 1. The van der Waals surface area contributed by atoms with Gasteiger partial charge in [0.2, 0.25) is 22.7 Å². The van der Waals surface area contributed by atoms with Gasteiger partial charge in [-0.1, -0.05) is 12.1 Å². The van der Waals surface area contributed by atoms with E-state index in [0.29, 0.717) is 41.5 Å². The van der Waals surface area contributed by atoms with E-state index in [1.165, 1.54) is 13.0 Å². The molecular formula is C22H27N3O6S. The molecule has 0 saturated carbocycles. The average molecular weight is 462 g/mol. The van der Waals surface area contributed by atoms with Gasteiger partial charge >= 0.3 is 0 Å². The van der Waals surface area contributed by atoms with Crippen LogP contribution >= 0.6 is 0 Å². The summed E-state index contributed by atoms with van der Waals surface area (Å²) >= 11 is 0. The maximum Gasteiger partial charge on any atom is 0.255 e. The topological polar surface area (TPSA) is 105 Å². The molecule has 172 valence electrons. The molecule has 0 radical (unpaired) electrons. The normalized spacial score (nSPS) is 12.3. The standard InChI is InChI=1S/C22H27N3O6S/c1-4-24(5-2)22(27)17-9-7-8-10-18(17)23-21(26)14-25(32(28,29)6-3)16-11-12-19-20(13-16)31-15-30-19/h7-13H,4-6,14-15H2,1-3H3,(H,23,26). The van der Waals surface area contributed by atoms with Crippen LogP contribution in [-0.2, 0) is 14.8 Å². The molecular weight excluding hydrogens is 434 g/mol. The fourth-order valence-corrected chi connectivity index (χ4v) is 4.39. The number of nitrogens with one attached hydrogen (secondary N) is 1. The van der Waals surface area contributed by atoms with E-state index in [2.05, 4.69) is 5.32 Å². The highest BCUT2D eigenvalue weighted by molar-refractivity contribution is 7.92. The lowest BCUT2D eigenvalue weighted by Crippen LogP contribution is -2.39. The maximum atomic E-state index is 12.9. The van der Waals surface area contributed by atoms with Crippen molar-refractivity contribution in [2.24, 2.45) is 0 Å². The minimum absolute atomic E-state index is 0.0527.